The molecule has 1 aliphatic rings. The highest BCUT2D eigenvalue weighted by Crippen LogP contribution is 2.20. The molecule has 0 saturated carbocycles. The molecule has 26 heavy (non-hydrogen) atoms. The number of carbonyl (C=O) groups is 1. The third kappa shape index (κ3) is 5.20. The van der Waals surface area contributed by atoms with Crippen molar-refractivity contribution in [1.82, 2.24) is 0 Å². The van der Waals surface area contributed by atoms with E-state index in [-0.39, 0.29) is 12.5 Å². The minimum absolute atomic E-state index is 0.0388. The molecule has 1 fully saturated rings. The molecule has 1 saturated heterocycles. The summed E-state index contributed by atoms with van der Waals surface area (Å²) in [5.41, 5.74) is 3.72. The van der Waals surface area contributed by atoms with Crippen molar-refractivity contribution in [2.75, 3.05) is 23.3 Å². The van der Waals surface area contributed by atoms with Gasteiger partial charge in [0.05, 0.1) is 6.61 Å². The Labute approximate surface area is 155 Å². The first-order chi connectivity index (χ1) is 12.7. The molecule has 0 atom stereocenters. The Morgan fingerprint density at radius 1 is 1.04 bits per heavy atom. The predicted octanol–water partition coefficient (Wildman–Crippen LogP) is 4.21. The monoisotopic (exact) mass is 350 g/mol. The van der Waals surface area contributed by atoms with E-state index in [1.807, 2.05) is 18.2 Å². The average molecular weight is 350 g/mol. The molecule has 1 aliphatic heterocycles. The van der Waals surface area contributed by atoms with E-state index in [1.165, 1.54) is 37.4 Å². The molecule has 0 aromatic heterocycles. The van der Waals surface area contributed by atoms with Gasteiger partial charge >= 0.3 is 0 Å². The lowest BCUT2D eigenvalue weighted by molar-refractivity contribution is -0.111. The molecule has 4 heteroatoms. The number of aliphatic hydroxyl groups excluding tert-OH is 1. The van der Waals surface area contributed by atoms with Crippen molar-refractivity contribution in [1.29, 1.82) is 0 Å². The SMILES string of the molecule is O=C(/C=C/c1ccc(N2CCCCCC2)cc1)Nc1cccc(CO)c1. The standard InChI is InChI=1S/C22H26N2O2/c25-17-19-6-5-7-20(16-19)23-22(26)13-10-18-8-11-21(12-9-18)24-14-3-1-2-4-15-24/h5-13,16,25H,1-4,14-15,17H2,(H,23,26)/b13-10+. The van der Waals surface area contributed by atoms with Crippen LogP contribution >= 0.6 is 0 Å². The highest BCUT2D eigenvalue weighted by molar-refractivity contribution is 6.01. The Morgan fingerprint density at radius 2 is 1.77 bits per heavy atom. The summed E-state index contributed by atoms with van der Waals surface area (Å²) < 4.78 is 0. The van der Waals surface area contributed by atoms with Crippen molar-refractivity contribution in [3.05, 3.63) is 65.7 Å². The number of benzene rings is 2. The van der Waals surface area contributed by atoms with Gasteiger partial charge in [-0.15, -0.1) is 0 Å². The summed E-state index contributed by atoms with van der Waals surface area (Å²) >= 11 is 0. The molecule has 2 aromatic rings. The van der Waals surface area contributed by atoms with Crippen LogP contribution in [0.5, 0.6) is 0 Å². The van der Waals surface area contributed by atoms with Gasteiger partial charge in [-0.3, -0.25) is 4.79 Å². The highest BCUT2D eigenvalue weighted by Gasteiger charge is 2.09. The van der Waals surface area contributed by atoms with Gasteiger partial charge in [-0.25, -0.2) is 0 Å². The Balaban J connectivity index is 1.58. The molecular formula is C22H26N2O2. The lowest BCUT2D eigenvalue weighted by Crippen LogP contribution is -2.23. The molecular weight excluding hydrogens is 324 g/mol. The van der Waals surface area contributed by atoms with Gasteiger partial charge in [-0.05, 0) is 54.3 Å². The second kappa shape index (κ2) is 9.20. The fraction of sp³-hybridized carbons (Fsp3) is 0.318. The van der Waals surface area contributed by atoms with Crippen LogP contribution in [-0.2, 0) is 11.4 Å². The van der Waals surface area contributed by atoms with Crippen LogP contribution in [0.3, 0.4) is 0 Å². The first kappa shape index (κ1) is 18.2. The maximum absolute atomic E-state index is 12.1. The Bertz CT molecular complexity index is 745. The van der Waals surface area contributed by atoms with Crippen LogP contribution < -0.4 is 10.2 Å². The topological polar surface area (TPSA) is 52.6 Å². The molecule has 2 N–H and O–H groups in total. The van der Waals surface area contributed by atoms with Crippen LogP contribution in [0.15, 0.2) is 54.6 Å². The zero-order valence-electron chi connectivity index (χ0n) is 15.0. The third-order valence-electron chi connectivity index (χ3n) is 4.67. The van der Waals surface area contributed by atoms with Gasteiger partial charge < -0.3 is 15.3 Å². The summed E-state index contributed by atoms with van der Waals surface area (Å²) in [4.78, 5) is 14.5. The van der Waals surface area contributed by atoms with E-state index >= 15 is 0 Å². The lowest BCUT2D eigenvalue weighted by Gasteiger charge is -2.22. The van der Waals surface area contributed by atoms with Gasteiger partial charge in [-0.2, -0.15) is 0 Å². The molecule has 0 aliphatic carbocycles. The van der Waals surface area contributed by atoms with Crippen LogP contribution in [-0.4, -0.2) is 24.1 Å². The van der Waals surface area contributed by atoms with E-state index in [2.05, 4.69) is 34.5 Å². The van der Waals surface area contributed by atoms with Crippen molar-refractivity contribution in [3.8, 4) is 0 Å². The fourth-order valence-corrected chi connectivity index (χ4v) is 3.23. The molecule has 0 bridgehead atoms. The summed E-state index contributed by atoms with van der Waals surface area (Å²) in [6.45, 7) is 2.22. The number of hydrogen-bond donors (Lipinski definition) is 2. The molecule has 0 spiro atoms. The van der Waals surface area contributed by atoms with Crippen LogP contribution in [0.2, 0.25) is 0 Å². The maximum atomic E-state index is 12.1. The molecule has 3 rings (SSSR count). The Kier molecular flexibility index (Phi) is 6.45. The number of amides is 1. The van der Waals surface area contributed by atoms with E-state index in [9.17, 15) is 4.79 Å². The van der Waals surface area contributed by atoms with E-state index in [0.717, 1.165) is 24.2 Å². The summed E-state index contributed by atoms with van der Waals surface area (Å²) in [7, 11) is 0. The molecule has 4 nitrogen and oxygen atoms in total. The Hall–Kier alpha value is -2.59. The van der Waals surface area contributed by atoms with Crippen LogP contribution in [0.25, 0.3) is 6.08 Å². The van der Waals surface area contributed by atoms with Crippen LogP contribution in [0.4, 0.5) is 11.4 Å². The van der Waals surface area contributed by atoms with E-state index in [0.29, 0.717) is 5.69 Å². The number of aliphatic hydroxyl groups is 1. The quantitative estimate of drug-likeness (QED) is 0.794. The molecule has 1 amide bonds. The summed E-state index contributed by atoms with van der Waals surface area (Å²) in [5, 5.41) is 12.0. The number of anilines is 2. The van der Waals surface area contributed by atoms with E-state index in [1.54, 1.807) is 12.1 Å². The summed E-state index contributed by atoms with van der Waals surface area (Å²) in [6.07, 6.45) is 8.53. The molecule has 136 valence electrons. The zero-order chi connectivity index (χ0) is 18.2. The van der Waals surface area contributed by atoms with Gasteiger partial charge in [0.25, 0.3) is 0 Å². The maximum Gasteiger partial charge on any atom is 0.248 e. The highest BCUT2D eigenvalue weighted by atomic mass is 16.3. The van der Waals surface area contributed by atoms with Gasteiger partial charge in [0.2, 0.25) is 5.91 Å². The van der Waals surface area contributed by atoms with Gasteiger partial charge in [-0.1, -0.05) is 37.1 Å². The minimum Gasteiger partial charge on any atom is -0.392 e. The second-order valence-electron chi connectivity index (χ2n) is 6.67. The third-order valence-corrected chi connectivity index (χ3v) is 4.67. The van der Waals surface area contributed by atoms with Gasteiger partial charge in [0.15, 0.2) is 0 Å². The minimum atomic E-state index is -0.184. The number of nitrogens with one attached hydrogen (secondary N) is 1. The van der Waals surface area contributed by atoms with Gasteiger partial charge in [0.1, 0.15) is 0 Å². The number of nitrogens with zero attached hydrogens (tertiary/aromatic N) is 1. The first-order valence-electron chi connectivity index (χ1n) is 9.28. The van der Waals surface area contributed by atoms with Crippen molar-refractivity contribution in [2.24, 2.45) is 0 Å². The zero-order valence-corrected chi connectivity index (χ0v) is 15.0. The van der Waals surface area contributed by atoms with Crippen molar-refractivity contribution in [3.63, 3.8) is 0 Å². The normalized spacial score (nSPS) is 15.0. The largest absolute Gasteiger partial charge is 0.392 e. The van der Waals surface area contributed by atoms with Crippen molar-refractivity contribution in [2.45, 2.75) is 32.3 Å². The molecule has 0 unspecified atom stereocenters. The first-order valence-corrected chi connectivity index (χ1v) is 9.28. The number of hydrogen-bond acceptors (Lipinski definition) is 3. The lowest BCUT2D eigenvalue weighted by atomic mass is 10.1. The van der Waals surface area contributed by atoms with Crippen molar-refractivity contribution >= 4 is 23.4 Å². The van der Waals surface area contributed by atoms with Crippen molar-refractivity contribution < 1.29 is 9.90 Å². The van der Waals surface area contributed by atoms with Crippen LogP contribution in [0.1, 0.15) is 36.8 Å². The predicted molar refractivity (Wildman–Crippen MR) is 107 cm³/mol. The number of rotatable bonds is 5. The molecule has 2 aromatic carbocycles. The van der Waals surface area contributed by atoms with Crippen LogP contribution in [0, 0.1) is 0 Å². The second-order valence-corrected chi connectivity index (χ2v) is 6.67. The molecule has 1 heterocycles. The summed E-state index contributed by atoms with van der Waals surface area (Å²) in [6, 6.07) is 15.6. The molecule has 0 radical (unpaired) electrons. The smallest absolute Gasteiger partial charge is 0.248 e. The van der Waals surface area contributed by atoms with E-state index in [4.69, 9.17) is 5.11 Å². The number of carbonyl (C=O) groups excluding carboxylic acids is 1. The van der Waals surface area contributed by atoms with E-state index < -0.39 is 0 Å². The van der Waals surface area contributed by atoms with Gasteiger partial charge in [0, 0.05) is 30.5 Å². The Morgan fingerprint density at radius 3 is 2.46 bits per heavy atom. The average Bonchev–Trinajstić information content (AvgIpc) is 2.96. The summed E-state index contributed by atoms with van der Waals surface area (Å²) in [5.74, 6) is -0.184. The fourth-order valence-electron chi connectivity index (χ4n) is 3.23.